The van der Waals surface area contributed by atoms with Gasteiger partial charge in [-0.3, -0.25) is 13.8 Å². The van der Waals surface area contributed by atoms with Gasteiger partial charge < -0.3 is 19.2 Å². The van der Waals surface area contributed by atoms with Crippen molar-refractivity contribution in [2.45, 2.75) is 77.2 Å². The number of rotatable bonds is 24. The van der Waals surface area contributed by atoms with E-state index < -0.39 is 26.5 Å². The number of quaternary nitrogens is 1. The Labute approximate surface area is 236 Å². The molecule has 39 heavy (non-hydrogen) atoms. The van der Waals surface area contributed by atoms with Gasteiger partial charge in [-0.2, -0.15) is 0 Å². The lowest BCUT2D eigenvalue weighted by Crippen LogP contribution is -2.37. The van der Waals surface area contributed by atoms with E-state index in [4.69, 9.17) is 13.8 Å². The molecular formula is C30H53NO7P+. The molecule has 0 aromatic carbocycles. The topological polar surface area (TPSA) is 102 Å². The van der Waals surface area contributed by atoms with E-state index in [1.54, 1.807) is 0 Å². The van der Waals surface area contributed by atoms with Gasteiger partial charge in [0.2, 0.25) is 0 Å². The number of likely N-dealkylation sites (N-methyl/N-ethyl adjacent to an activating group) is 1. The second-order valence-corrected chi connectivity index (χ2v) is 11.7. The molecule has 0 fully saturated rings. The van der Waals surface area contributed by atoms with E-state index in [9.17, 15) is 19.4 Å². The minimum absolute atomic E-state index is 0.0400. The lowest BCUT2D eigenvalue weighted by atomic mass is 10.2. The summed E-state index contributed by atoms with van der Waals surface area (Å²) < 4.78 is 27.0. The van der Waals surface area contributed by atoms with Gasteiger partial charge in [0.15, 0.2) is 0 Å². The Hall–Kier alpha value is -1.80. The number of ether oxygens (including phenoxy) is 1. The smallest absolute Gasteiger partial charge is 0.463 e. The lowest BCUT2D eigenvalue weighted by molar-refractivity contribution is -0.870. The molecule has 0 saturated carbocycles. The molecule has 0 bridgehead atoms. The van der Waals surface area contributed by atoms with Gasteiger partial charge in [0.1, 0.15) is 25.9 Å². The van der Waals surface area contributed by atoms with Crippen molar-refractivity contribution in [3.63, 3.8) is 0 Å². The zero-order valence-electron chi connectivity index (χ0n) is 24.6. The number of allylic oxidation sites excluding steroid dienone is 10. The van der Waals surface area contributed by atoms with Crippen molar-refractivity contribution in [3.05, 3.63) is 60.8 Å². The zero-order chi connectivity index (χ0) is 29.2. The molecule has 2 atom stereocenters. The van der Waals surface area contributed by atoms with Gasteiger partial charge >= 0.3 is 13.8 Å². The van der Waals surface area contributed by atoms with E-state index >= 15 is 0 Å². The molecule has 0 aliphatic carbocycles. The van der Waals surface area contributed by atoms with Crippen molar-refractivity contribution < 1.29 is 37.6 Å². The first-order valence-corrected chi connectivity index (χ1v) is 15.6. The average molecular weight is 571 g/mol. The van der Waals surface area contributed by atoms with Crippen LogP contribution in [0.3, 0.4) is 0 Å². The number of aliphatic hydroxyl groups is 1. The fraction of sp³-hybridized carbons (Fsp3) is 0.633. The van der Waals surface area contributed by atoms with Gasteiger partial charge in [0.25, 0.3) is 0 Å². The van der Waals surface area contributed by atoms with E-state index in [1.165, 1.54) is 25.7 Å². The maximum Gasteiger partial charge on any atom is 0.472 e. The number of unbranched alkanes of at least 4 members (excludes halogenated alkanes) is 3. The Kier molecular flexibility index (Phi) is 22.9. The summed E-state index contributed by atoms with van der Waals surface area (Å²) in [5.74, 6) is -0.456. The molecule has 0 aromatic rings. The Balaban J connectivity index is 3.78. The van der Waals surface area contributed by atoms with Crippen molar-refractivity contribution in [1.82, 2.24) is 0 Å². The SMILES string of the molecule is CCCCC/C=C/C/C=C/C/C=C/C/C=C/C/C=C/CCC(=O)OC[C@@H](O)COP(=O)(O)OCC[N+](C)(C)C. The lowest BCUT2D eigenvalue weighted by Gasteiger charge is -2.24. The fourth-order valence-corrected chi connectivity index (χ4v) is 3.74. The summed E-state index contributed by atoms with van der Waals surface area (Å²) in [5.41, 5.74) is 0. The average Bonchev–Trinajstić information content (AvgIpc) is 2.86. The molecule has 0 spiro atoms. The Morgan fingerprint density at radius 2 is 1.31 bits per heavy atom. The van der Waals surface area contributed by atoms with E-state index in [2.05, 4.69) is 55.5 Å². The predicted molar refractivity (Wildman–Crippen MR) is 159 cm³/mol. The highest BCUT2D eigenvalue weighted by Gasteiger charge is 2.24. The minimum Gasteiger partial charge on any atom is -0.463 e. The van der Waals surface area contributed by atoms with Crippen molar-refractivity contribution in [1.29, 1.82) is 0 Å². The van der Waals surface area contributed by atoms with Crippen LogP contribution < -0.4 is 0 Å². The molecule has 0 saturated heterocycles. The van der Waals surface area contributed by atoms with Crippen LogP contribution in [0.1, 0.15) is 71.1 Å². The van der Waals surface area contributed by atoms with Crippen LogP contribution in [0, 0.1) is 0 Å². The van der Waals surface area contributed by atoms with Gasteiger partial charge in [-0.25, -0.2) is 4.57 Å². The molecule has 9 heteroatoms. The number of phosphoric ester groups is 1. The number of hydrogen-bond donors (Lipinski definition) is 2. The number of phosphoric acid groups is 1. The van der Waals surface area contributed by atoms with Gasteiger partial charge in [0, 0.05) is 6.42 Å². The number of carbonyl (C=O) groups excluding carboxylic acids is 1. The highest BCUT2D eigenvalue weighted by atomic mass is 31.2. The van der Waals surface area contributed by atoms with Gasteiger partial charge in [0.05, 0.1) is 27.7 Å². The summed E-state index contributed by atoms with van der Waals surface area (Å²) >= 11 is 0. The highest BCUT2D eigenvalue weighted by Crippen LogP contribution is 2.43. The van der Waals surface area contributed by atoms with Crippen LogP contribution in [0.2, 0.25) is 0 Å². The Bertz CT molecular complexity index is 813. The first-order chi connectivity index (χ1) is 18.6. The first-order valence-electron chi connectivity index (χ1n) is 14.1. The van der Waals surface area contributed by atoms with Crippen LogP contribution >= 0.6 is 7.82 Å². The van der Waals surface area contributed by atoms with Crippen LogP contribution in [0.4, 0.5) is 0 Å². The van der Waals surface area contributed by atoms with Crippen LogP contribution in [0.25, 0.3) is 0 Å². The molecule has 0 aliphatic rings. The first kappa shape index (κ1) is 37.2. The number of carbonyl (C=O) groups is 1. The van der Waals surface area contributed by atoms with E-state index in [0.29, 0.717) is 17.4 Å². The summed E-state index contributed by atoms with van der Waals surface area (Å²) in [6.07, 6.45) is 29.5. The van der Waals surface area contributed by atoms with Crippen molar-refractivity contribution >= 4 is 13.8 Å². The minimum atomic E-state index is -4.26. The third-order valence-electron chi connectivity index (χ3n) is 5.29. The normalized spacial score (nSPS) is 15.3. The second kappa shape index (κ2) is 24.0. The molecular weight excluding hydrogens is 517 g/mol. The molecule has 0 rings (SSSR count). The summed E-state index contributed by atoms with van der Waals surface area (Å²) in [6, 6.07) is 0. The summed E-state index contributed by atoms with van der Waals surface area (Å²) in [7, 11) is 1.51. The van der Waals surface area contributed by atoms with Gasteiger partial charge in [-0.15, -0.1) is 0 Å². The summed E-state index contributed by atoms with van der Waals surface area (Å²) in [4.78, 5) is 21.4. The van der Waals surface area contributed by atoms with E-state index in [1.807, 2.05) is 33.3 Å². The summed E-state index contributed by atoms with van der Waals surface area (Å²) in [6.45, 7) is 2.00. The standard InChI is InChI=1S/C30H52NO7P/c1-5-6-7-8-9-10-11-12-13-14-15-16-17-18-19-20-21-22-23-24-30(33)36-27-29(32)28-38-39(34,35)37-26-25-31(2,3)4/h9-10,12-13,15-16,18-19,21-22,29,32H,5-8,11,14,17,20,23-28H2,1-4H3/p+1/b10-9+,13-12+,16-15+,19-18+,22-21+/t29-/m1/s1. The fourth-order valence-electron chi connectivity index (χ4n) is 2.99. The molecule has 0 amide bonds. The molecule has 0 heterocycles. The molecule has 1 unspecified atom stereocenters. The Morgan fingerprint density at radius 1 is 0.795 bits per heavy atom. The Morgan fingerprint density at radius 3 is 1.82 bits per heavy atom. The third kappa shape index (κ3) is 29.0. The summed E-state index contributed by atoms with van der Waals surface area (Å²) in [5, 5.41) is 9.83. The molecule has 0 aliphatic heterocycles. The number of esters is 1. The third-order valence-corrected chi connectivity index (χ3v) is 6.28. The quantitative estimate of drug-likeness (QED) is 0.0453. The largest absolute Gasteiger partial charge is 0.472 e. The highest BCUT2D eigenvalue weighted by molar-refractivity contribution is 7.47. The second-order valence-electron chi connectivity index (χ2n) is 10.3. The van der Waals surface area contributed by atoms with Crippen LogP contribution in [0.15, 0.2) is 60.8 Å². The van der Waals surface area contributed by atoms with E-state index in [-0.39, 0.29) is 19.6 Å². The van der Waals surface area contributed by atoms with Gasteiger partial charge in [-0.05, 0) is 44.9 Å². The monoisotopic (exact) mass is 570 g/mol. The number of nitrogens with zero attached hydrogens (tertiary/aromatic N) is 1. The van der Waals surface area contributed by atoms with Crippen LogP contribution in [-0.4, -0.2) is 74.1 Å². The molecule has 0 aromatic heterocycles. The maximum absolute atomic E-state index is 11.8. The number of hydrogen-bond acceptors (Lipinski definition) is 6. The molecule has 224 valence electrons. The predicted octanol–water partition coefficient (Wildman–Crippen LogP) is 6.43. The maximum atomic E-state index is 11.8. The molecule has 2 N–H and O–H groups in total. The van der Waals surface area contributed by atoms with Crippen LogP contribution in [0.5, 0.6) is 0 Å². The zero-order valence-corrected chi connectivity index (χ0v) is 25.5. The van der Waals surface area contributed by atoms with Crippen molar-refractivity contribution in [3.8, 4) is 0 Å². The van der Waals surface area contributed by atoms with Crippen molar-refractivity contribution in [2.75, 3.05) is 47.5 Å². The van der Waals surface area contributed by atoms with Crippen molar-refractivity contribution in [2.24, 2.45) is 0 Å². The molecule has 0 radical (unpaired) electrons. The molecule has 8 nitrogen and oxygen atoms in total. The van der Waals surface area contributed by atoms with Gasteiger partial charge in [-0.1, -0.05) is 80.5 Å². The number of aliphatic hydroxyl groups excluding tert-OH is 1. The van der Waals surface area contributed by atoms with Crippen LogP contribution in [-0.2, 0) is 23.1 Å². The van der Waals surface area contributed by atoms with E-state index in [0.717, 1.165) is 25.7 Å².